The van der Waals surface area contributed by atoms with Crippen molar-refractivity contribution in [2.45, 2.75) is 0 Å². The Balaban J connectivity index is 3.07. The Hall–Kier alpha value is -1.80. The van der Waals surface area contributed by atoms with Crippen LogP contribution in [-0.4, -0.2) is 31.2 Å². The van der Waals surface area contributed by atoms with E-state index >= 15 is 0 Å². The van der Waals surface area contributed by atoms with Crippen molar-refractivity contribution >= 4 is 39.2 Å². The number of sulfonamides is 1. The lowest BCUT2D eigenvalue weighted by atomic mass is 10.2. The van der Waals surface area contributed by atoms with E-state index in [0.29, 0.717) is 0 Å². The van der Waals surface area contributed by atoms with Gasteiger partial charge in [0.1, 0.15) is 0 Å². The quantitative estimate of drug-likeness (QED) is 0.717. The van der Waals surface area contributed by atoms with Gasteiger partial charge in [-0.1, -0.05) is 11.6 Å². The molecule has 18 heavy (non-hydrogen) atoms. The highest BCUT2D eigenvalue weighted by Gasteiger charge is 2.17. The number of carbonyl (C=O) groups is 2. The standard InChI is InChI=1S/C9H9ClN2O5S/c10-6-2-1-5(9(11)15)3-7(6)12-18(16,17)4-8(13)14/h1-3,12H,4H2,(H2,11,15)(H,13,14). The number of nitrogens with two attached hydrogens (primary N) is 1. The molecule has 98 valence electrons. The predicted octanol–water partition coefficient (Wildman–Crippen LogP) is 0.265. The smallest absolute Gasteiger partial charge is 0.320 e. The van der Waals surface area contributed by atoms with E-state index in [9.17, 15) is 18.0 Å². The van der Waals surface area contributed by atoms with E-state index in [0.717, 1.165) is 6.07 Å². The molecule has 0 fully saturated rings. The maximum absolute atomic E-state index is 11.4. The van der Waals surface area contributed by atoms with Crippen molar-refractivity contribution in [1.29, 1.82) is 0 Å². The van der Waals surface area contributed by atoms with Crippen LogP contribution in [0.2, 0.25) is 5.02 Å². The Labute approximate surface area is 108 Å². The molecule has 9 heteroatoms. The fourth-order valence-electron chi connectivity index (χ4n) is 1.12. The van der Waals surface area contributed by atoms with Crippen LogP contribution in [0.1, 0.15) is 10.4 Å². The largest absolute Gasteiger partial charge is 0.480 e. The third-order valence-corrected chi connectivity index (χ3v) is 3.32. The third kappa shape index (κ3) is 3.90. The molecule has 0 aliphatic carbocycles. The van der Waals surface area contributed by atoms with Crippen LogP contribution in [0.5, 0.6) is 0 Å². The number of benzene rings is 1. The fourth-order valence-corrected chi connectivity index (χ4v) is 2.24. The molecule has 0 saturated carbocycles. The minimum Gasteiger partial charge on any atom is -0.480 e. The van der Waals surface area contributed by atoms with Crippen LogP contribution in [0.25, 0.3) is 0 Å². The van der Waals surface area contributed by atoms with E-state index in [-0.39, 0.29) is 16.3 Å². The molecular weight excluding hydrogens is 284 g/mol. The van der Waals surface area contributed by atoms with Crippen LogP contribution in [0, 0.1) is 0 Å². The summed E-state index contributed by atoms with van der Waals surface area (Å²) in [5.74, 6) is -3.38. The summed E-state index contributed by atoms with van der Waals surface area (Å²) in [4.78, 5) is 21.3. The lowest BCUT2D eigenvalue weighted by molar-refractivity contribution is -0.134. The van der Waals surface area contributed by atoms with E-state index in [1.807, 2.05) is 4.72 Å². The SMILES string of the molecule is NC(=O)c1ccc(Cl)c(NS(=O)(=O)CC(=O)O)c1. The van der Waals surface area contributed by atoms with Crippen LogP contribution in [-0.2, 0) is 14.8 Å². The number of hydrogen-bond donors (Lipinski definition) is 3. The van der Waals surface area contributed by atoms with Gasteiger partial charge >= 0.3 is 5.97 Å². The average Bonchev–Trinajstić information content (AvgIpc) is 2.18. The van der Waals surface area contributed by atoms with Gasteiger partial charge in [0.05, 0.1) is 10.7 Å². The maximum Gasteiger partial charge on any atom is 0.320 e. The van der Waals surface area contributed by atoms with Gasteiger partial charge in [-0.05, 0) is 18.2 Å². The number of carboxylic acid groups (broad SMARTS) is 1. The van der Waals surface area contributed by atoms with Gasteiger partial charge in [0.15, 0.2) is 5.75 Å². The minimum absolute atomic E-state index is 0.0222. The van der Waals surface area contributed by atoms with Gasteiger partial charge in [-0.15, -0.1) is 0 Å². The molecule has 1 rings (SSSR count). The van der Waals surface area contributed by atoms with Crippen molar-refractivity contribution in [3.8, 4) is 0 Å². The number of amides is 1. The van der Waals surface area contributed by atoms with Gasteiger partial charge in [0.2, 0.25) is 15.9 Å². The molecule has 1 aromatic carbocycles. The zero-order valence-corrected chi connectivity index (χ0v) is 10.5. The number of primary amides is 1. The number of rotatable bonds is 5. The summed E-state index contributed by atoms with van der Waals surface area (Å²) < 4.78 is 24.7. The van der Waals surface area contributed by atoms with E-state index in [4.69, 9.17) is 22.4 Å². The highest BCUT2D eigenvalue weighted by atomic mass is 35.5. The van der Waals surface area contributed by atoms with Crippen molar-refractivity contribution in [2.24, 2.45) is 5.73 Å². The Morgan fingerprint density at radius 3 is 2.50 bits per heavy atom. The Morgan fingerprint density at radius 1 is 1.39 bits per heavy atom. The van der Waals surface area contributed by atoms with Crippen molar-refractivity contribution < 1.29 is 23.1 Å². The van der Waals surface area contributed by atoms with Gasteiger partial charge in [0.25, 0.3) is 0 Å². The first-order valence-corrected chi connectivity index (χ1v) is 6.56. The van der Waals surface area contributed by atoms with E-state index in [2.05, 4.69) is 0 Å². The number of halogens is 1. The lowest BCUT2D eigenvalue weighted by Crippen LogP contribution is -2.23. The second kappa shape index (κ2) is 5.23. The predicted molar refractivity (Wildman–Crippen MR) is 65.0 cm³/mol. The molecule has 0 aromatic heterocycles. The second-order valence-electron chi connectivity index (χ2n) is 3.31. The molecule has 0 atom stereocenters. The molecule has 0 spiro atoms. The summed E-state index contributed by atoms with van der Waals surface area (Å²) in [6, 6.07) is 3.73. The van der Waals surface area contributed by atoms with Crippen LogP contribution in [0.4, 0.5) is 5.69 Å². The van der Waals surface area contributed by atoms with Crippen LogP contribution in [0.15, 0.2) is 18.2 Å². The van der Waals surface area contributed by atoms with Crippen molar-refractivity contribution in [2.75, 3.05) is 10.5 Å². The molecular formula is C9H9ClN2O5S. The number of hydrogen-bond acceptors (Lipinski definition) is 4. The molecule has 0 saturated heterocycles. The lowest BCUT2D eigenvalue weighted by Gasteiger charge is -2.08. The number of nitrogens with one attached hydrogen (secondary N) is 1. The average molecular weight is 293 g/mol. The summed E-state index contributed by atoms with van der Waals surface area (Å²) in [6.45, 7) is 0. The van der Waals surface area contributed by atoms with Crippen LogP contribution in [0.3, 0.4) is 0 Å². The number of carbonyl (C=O) groups excluding carboxylic acids is 1. The van der Waals surface area contributed by atoms with Gasteiger partial charge < -0.3 is 10.8 Å². The van der Waals surface area contributed by atoms with Gasteiger partial charge in [-0.25, -0.2) is 8.42 Å². The van der Waals surface area contributed by atoms with Gasteiger partial charge in [-0.3, -0.25) is 14.3 Å². The highest BCUT2D eigenvalue weighted by molar-refractivity contribution is 7.93. The van der Waals surface area contributed by atoms with Gasteiger partial charge in [0, 0.05) is 5.56 Å². The van der Waals surface area contributed by atoms with Crippen molar-refractivity contribution in [3.05, 3.63) is 28.8 Å². The van der Waals surface area contributed by atoms with Crippen molar-refractivity contribution in [1.82, 2.24) is 0 Å². The number of anilines is 1. The molecule has 1 aromatic rings. The molecule has 0 bridgehead atoms. The molecule has 0 heterocycles. The molecule has 4 N–H and O–H groups in total. The first-order chi connectivity index (χ1) is 8.21. The van der Waals surface area contributed by atoms with Crippen molar-refractivity contribution in [3.63, 3.8) is 0 Å². The maximum atomic E-state index is 11.4. The Kier molecular flexibility index (Phi) is 4.15. The Bertz CT molecular complexity index is 599. The first kappa shape index (κ1) is 14.3. The molecule has 0 aliphatic rings. The van der Waals surface area contributed by atoms with E-state index < -0.39 is 27.7 Å². The third-order valence-electron chi connectivity index (χ3n) is 1.83. The first-order valence-electron chi connectivity index (χ1n) is 4.53. The van der Waals surface area contributed by atoms with Crippen LogP contribution >= 0.6 is 11.6 Å². The second-order valence-corrected chi connectivity index (χ2v) is 5.44. The molecule has 0 unspecified atom stereocenters. The molecule has 1 amide bonds. The normalized spacial score (nSPS) is 10.9. The summed E-state index contributed by atoms with van der Waals surface area (Å²) in [7, 11) is -4.08. The number of carboxylic acids is 1. The molecule has 0 aliphatic heterocycles. The summed E-state index contributed by atoms with van der Waals surface area (Å²) in [5, 5.41) is 8.44. The fraction of sp³-hybridized carbons (Fsp3) is 0.111. The minimum atomic E-state index is -4.08. The zero-order valence-electron chi connectivity index (χ0n) is 8.88. The molecule has 7 nitrogen and oxygen atoms in total. The van der Waals surface area contributed by atoms with E-state index in [1.54, 1.807) is 0 Å². The monoisotopic (exact) mass is 292 g/mol. The van der Waals surface area contributed by atoms with Crippen LogP contribution < -0.4 is 10.5 Å². The summed E-state index contributed by atoms with van der Waals surface area (Å²) >= 11 is 5.72. The summed E-state index contributed by atoms with van der Waals surface area (Å²) in [5.41, 5.74) is 4.97. The highest BCUT2D eigenvalue weighted by Crippen LogP contribution is 2.24. The van der Waals surface area contributed by atoms with Gasteiger partial charge in [-0.2, -0.15) is 0 Å². The van der Waals surface area contributed by atoms with E-state index in [1.165, 1.54) is 12.1 Å². The summed E-state index contributed by atoms with van der Waals surface area (Å²) in [6.07, 6.45) is 0. The number of aliphatic carboxylic acids is 1. The molecule has 0 radical (unpaired) electrons. The Morgan fingerprint density at radius 2 is 2.00 bits per heavy atom. The zero-order chi connectivity index (χ0) is 13.9. The topological polar surface area (TPSA) is 127 Å².